The van der Waals surface area contributed by atoms with E-state index in [4.69, 9.17) is 16.3 Å². The molecule has 2 atom stereocenters. The molecule has 10 heteroatoms. The topological polar surface area (TPSA) is 120 Å². The summed E-state index contributed by atoms with van der Waals surface area (Å²) in [4.78, 5) is 40.8. The minimum atomic E-state index is -2.06. The number of benzene rings is 1. The first-order valence-electron chi connectivity index (χ1n) is 12.7. The number of carbonyl (C=O) groups excluding carboxylic acids is 3. The highest BCUT2D eigenvalue weighted by atomic mass is 35.5. The summed E-state index contributed by atoms with van der Waals surface area (Å²) in [5.74, 6) is -0.000367. The molecule has 0 aromatic heterocycles. The Kier molecular flexibility index (Phi) is 10.2. The van der Waals surface area contributed by atoms with Crippen LogP contribution in [0.3, 0.4) is 0 Å². The second-order valence-electron chi connectivity index (χ2n) is 10.4. The van der Waals surface area contributed by atoms with Gasteiger partial charge >= 0.3 is 6.09 Å². The Morgan fingerprint density at radius 3 is 2.67 bits per heavy atom. The normalized spacial score (nSPS) is 19.3. The number of amides is 3. The number of halogens is 1. The number of carbonyl (C=O) groups is 3. The van der Waals surface area contributed by atoms with Gasteiger partial charge in [-0.05, 0) is 42.5 Å². The van der Waals surface area contributed by atoms with E-state index in [0.29, 0.717) is 30.0 Å². The Morgan fingerprint density at radius 1 is 1.28 bits per heavy atom. The van der Waals surface area contributed by atoms with E-state index in [9.17, 15) is 19.6 Å². The van der Waals surface area contributed by atoms with E-state index < -0.39 is 26.5 Å². The maximum atomic E-state index is 13.2. The third-order valence-corrected chi connectivity index (χ3v) is 9.48. The highest BCUT2D eigenvalue weighted by Crippen LogP contribution is 2.28. The second kappa shape index (κ2) is 13.1. The van der Waals surface area contributed by atoms with Gasteiger partial charge in [0.05, 0.1) is 6.07 Å². The molecule has 1 saturated carbocycles. The molecule has 1 aliphatic carbocycles. The predicted molar refractivity (Wildman–Crippen MR) is 140 cm³/mol. The Morgan fingerprint density at radius 2 is 2.03 bits per heavy atom. The summed E-state index contributed by atoms with van der Waals surface area (Å²) in [5, 5.41) is 15.8. The molecule has 1 aromatic rings. The summed E-state index contributed by atoms with van der Waals surface area (Å²) in [6.45, 7) is 4.63. The van der Waals surface area contributed by atoms with Crippen LogP contribution < -0.4 is 15.6 Å². The zero-order valence-corrected chi connectivity index (χ0v) is 22.8. The second-order valence-corrected chi connectivity index (χ2v) is 13.0. The molecular weight excluding hydrogens is 496 g/mol. The van der Waals surface area contributed by atoms with Gasteiger partial charge in [0.25, 0.3) is 8.96 Å². The molecule has 3 amide bonds. The molecule has 1 saturated heterocycles. The van der Waals surface area contributed by atoms with Crippen molar-refractivity contribution >= 4 is 38.1 Å². The van der Waals surface area contributed by atoms with Crippen LogP contribution in [0.15, 0.2) is 24.3 Å². The lowest BCUT2D eigenvalue weighted by Gasteiger charge is -2.27. The quantitative estimate of drug-likeness (QED) is 0.380. The summed E-state index contributed by atoms with van der Waals surface area (Å²) in [7, 11) is -2.06. The average Bonchev–Trinajstić information content (AvgIpc) is 3.26. The van der Waals surface area contributed by atoms with Crippen LogP contribution in [0.5, 0.6) is 0 Å². The molecule has 2 fully saturated rings. The van der Waals surface area contributed by atoms with E-state index in [-0.39, 0.29) is 30.4 Å². The Labute approximate surface area is 220 Å². The van der Waals surface area contributed by atoms with Crippen LogP contribution >= 0.6 is 11.6 Å². The van der Waals surface area contributed by atoms with Crippen LogP contribution in [0, 0.1) is 23.2 Å². The zero-order valence-electron chi connectivity index (χ0n) is 21.1. The van der Waals surface area contributed by atoms with Gasteiger partial charge in [0.2, 0.25) is 11.4 Å². The molecular formula is C26H36ClN4O4Si. The fraction of sp³-hybridized carbons (Fsp3) is 0.615. The van der Waals surface area contributed by atoms with Gasteiger partial charge in [-0.2, -0.15) is 5.26 Å². The maximum absolute atomic E-state index is 13.2. The first-order chi connectivity index (χ1) is 17.2. The molecule has 195 valence electrons. The van der Waals surface area contributed by atoms with Gasteiger partial charge in [0.1, 0.15) is 12.6 Å². The number of rotatable bonds is 10. The van der Waals surface area contributed by atoms with Crippen molar-refractivity contribution in [1.29, 1.82) is 5.26 Å². The minimum absolute atomic E-state index is 0.0822. The van der Waals surface area contributed by atoms with E-state index in [1.807, 2.05) is 32.0 Å². The van der Waals surface area contributed by atoms with Crippen LogP contribution in [-0.2, 0) is 14.9 Å². The molecule has 36 heavy (non-hydrogen) atoms. The van der Waals surface area contributed by atoms with Gasteiger partial charge in [0.15, 0.2) is 0 Å². The van der Waals surface area contributed by atoms with E-state index in [2.05, 4.69) is 21.7 Å². The van der Waals surface area contributed by atoms with Gasteiger partial charge < -0.3 is 20.4 Å². The van der Waals surface area contributed by atoms with Crippen LogP contribution in [0.4, 0.5) is 9.59 Å². The minimum Gasteiger partial charge on any atom is -0.449 e. The predicted octanol–water partition coefficient (Wildman–Crippen LogP) is 4.63. The number of ether oxygens (including phenoxy) is 1. The maximum Gasteiger partial charge on any atom is 0.399 e. The lowest BCUT2D eigenvalue weighted by Crippen LogP contribution is -2.53. The van der Waals surface area contributed by atoms with Crippen molar-refractivity contribution in [3.63, 3.8) is 0 Å². The molecule has 3 rings (SSSR count). The Hall–Kier alpha value is -2.57. The third-order valence-electron chi connectivity index (χ3n) is 7.06. The van der Waals surface area contributed by atoms with Gasteiger partial charge in [-0.3, -0.25) is 9.59 Å². The van der Waals surface area contributed by atoms with Crippen LogP contribution in [0.1, 0.15) is 64.4 Å². The van der Waals surface area contributed by atoms with E-state index in [1.54, 1.807) is 6.07 Å². The molecule has 2 aliphatic rings. The highest BCUT2D eigenvalue weighted by Gasteiger charge is 2.34. The Bertz CT molecular complexity index is 977. The van der Waals surface area contributed by atoms with Gasteiger partial charge in [-0.25, -0.2) is 4.79 Å². The molecule has 1 radical (unpaired) electrons. The van der Waals surface area contributed by atoms with Crippen molar-refractivity contribution in [2.24, 2.45) is 11.8 Å². The molecule has 1 heterocycles. The largest absolute Gasteiger partial charge is 0.449 e. The molecule has 0 bridgehead atoms. The van der Waals surface area contributed by atoms with E-state index in [0.717, 1.165) is 31.2 Å². The van der Waals surface area contributed by atoms with Crippen molar-refractivity contribution in [3.8, 4) is 6.07 Å². The first-order valence-corrected chi connectivity index (χ1v) is 14.8. The lowest BCUT2D eigenvalue weighted by molar-refractivity contribution is -0.122. The molecule has 0 spiro atoms. The summed E-state index contributed by atoms with van der Waals surface area (Å²) in [6.07, 6.45) is 5.79. The fourth-order valence-corrected chi connectivity index (χ4v) is 7.07. The molecule has 1 unspecified atom stereocenters. The highest BCUT2D eigenvalue weighted by molar-refractivity contribution is 6.89. The first kappa shape index (κ1) is 28.0. The average molecular weight is 532 g/mol. The van der Waals surface area contributed by atoms with Gasteiger partial charge in [-0.1, -0.05) is 69.7 Å². The van der Waals surface area contributed by atoms with Crippen molar-refractivity contribution in [2.75, 3.05) is 13.2 Å². The number of nitrogens with zero attached hydrogens (tertiary/aromatic N) is 1. The van der Waals surface area contributed by atoms with E-state index >= 15 is 0 Å². The monoisotopic (exact) mass is 531 g/mol. The standard InChI is InChI=1S/C26H36ClN4O4Si/c1-26(2,20-9-6-10-21(27)14-20)17-35-24(33)31-36(16-18-7-4-3-5-8-18)25(34)30-22(15-28)13-19-11-12-29-23(19)32/h6,9-10,14,18-19,22H,3-5,7-8,11-13,16-17H2,1-2H3,(H,29,32)(H,30,34)(H,31,33)/t19?,22-/m0/s1. The van der Waals surface area contributed by atoms with Crippen LogP contribution in [-0.4, -0.2) is 45.7 Å². The summed E-state index contributed by atoms with van der Waals surface area (Å²) >= 11 is 6.12. The van der Waals surface area contributed by atoms with Crippen molar-refractivity contribution in [3.05, 3.63) is 34.9 Å². The summed E-state index contributed by atoms with van der Waals surface area (Å²) in [5.41, 5.74) is 0.164. The molecule has 8 nitrogen and oxygen atoms in total. The molecule has 3 N–H and O–H groups in total. The Balaban J connectivity index is 1.61. The summed E-state index contributed by atoms with van der Waals surface area (Å²) in [6, 6.07) is 9.35. The van der Waals surface area contributed by atoms with Crippen molar-refractivity contribution in [1.82, 2.24) is 15.6 Å². The third kappa shape index (κ3) is 8.24. The van der Waals surface area contributed by atoms with Gasteiger partial charge in [-0.15, -0.1) is 0 Å². The molecule has 1 aromatic carbocycles. The molecule has 1 aliphatic heterocycles. The van der Waals surface area contributed by atoms with Crippen LogP contribution in [0.2, 0.25) is 11.1 Å². The lowest BCUT2D eigenvalue weighted by atomic mass is 9.86. The van der Waals surface area contributed by atoms with Crippen molar-refractivity contribution < 1.29 is 19.1 Å². The number of hydrogen-bond acceptors (Lipinski definition) is 5. The smallest absolute Gasteiger partial charge is 0.399 e. The van der Waals surface area contributed by atoms with E-state index in [1.165, 1.54) is 6.42 Å². The van der Waals surface area contributed by atoms with Crippen molar-refractivity contribution in [2.45, 2.75) is 76.3 Å². The number of nitrogens with one attached hydrogen (secondary N) is 3. The fourth-order valence-electron chi connectivity index (χ4n) is 4.82. The SMILES string of the molecule is CC(C)(COC(=O)N[Si](CC1CCCCC1)C(=O)N[C@H](C#N)CC1CCNC1=O)c1cccc(Cl)c1. The zero-order chi connectivity index (χ0) is 26.1. The number of nitriles is 1. The van der Waals surface area contributed by atoms with Crippen LogP contribution in [0.25, 0.3) is 0 Å². The summed E-state index contributed by atoms with van der Waals surface area (Å²) < 4.78 is 5.56. The van der Waals surface area contributed by atoms with Gasteiger partial charge in [0, 0.05) is 22.9 Å². The number of hydrogen-bond donors (Lipinski definition) is 3.